The average molecular weight is 467 g/mol. The Morgan fingerprint density at radius 1 is 0.800 bits per heavy atom. The molecule has 0 aliphatic heterocycles. The number of hydrogen-bond donors (Lipinski definition) is 1. The molecule has 0 aromatic rings. The Morgan fingerprint density at radius 2 is 1.23 bits per heavy atom. The number of ketones is 1. The molecule has 172 valence electrons. The minimum absolute atomic E-state index is 0.0268. The van der Waals surface area contributed by atoms with Crippen molar-refractivity contribution in [2.24, 2.45) is 17.8 Å². The first-order valence-electron chi connectivity index (χ1n) is 9.31. The number of hydrogen-bond acceptors (Lipinski definition) is 11. The van der Waals surface area contributed by atoms with E-state index in [-0.39, 0.29) is 24.0 Å². The van der Waals surface area contributed by atoms with E-state index < -0.39 is 53.2 Å². The van der Waals surface area contributed by atoms with Crippen LogP contribution in [0.1, 0.15) is 48.0 Å². The van der Waals surface area contributed by atoms with Gasteiger partial charge in [0.1, 0.15) is 5.78 Å². The predicted molar refractivity (Wildman–Crippen MR) is 113 cm³/mol. The molecule has 0 saturated carbocycles. The first-order valence-corrected chi connectivity index (χ1v) is 10.8. The quantitative estimate of drug-likeness (QED) is 0.261. The summed E-state index contributed by atoms with van der Waals surface area (Å²) in [5, 5.41) is -0.796. The SMILES string of the molecule is CC(C)C(=O)OCOC(=O)SC(C)(C)C(=O)C[C@@H](CS)C(=O)OCOC(=O)C(C)C. The van der Waals surface area contributed by atoms with Crippen molar-refractivity contribution in [2.45, 2.75) is 52.7 Å². The fraction of sp³-hybridized carbons (Fsp3) is 0.737. The molecule has 0 fully saturated rings. The molecule has 0 aliphatic carbocycles. The van der Waals surface area contributed by atoms with Crippen LogP contribution in [-0.2, 0) is 38.1 Å². The summed E-state index contributed by atoms with van der Waals surface area (Å²) in [4.78, 5) is 59.3. The largest absolute Gasteiger partial charge is 0.428 e. The number of rotatable bonds is 12. The van der Waals surface area contributed by atoms with Crippen LogP contribution in [0.3, 0.4) is 0 Å². The zero-order valence-corrected chi connectivity index (χ0v) is 19.8. The number of ether oxygens (including phenoxy) is 4. The maximum Gasteiger partial charge on any atom is 0.371 e. The Balaban J connectivity index is 4.58. The lowest BCUT2D eigenvalue weighted by atomic mass is 9.97. The second-order valence-corrected chi connectivity index (χ2v) is 9.37. The highest BCUT2D eigenvalue weighted by atomic mass is 32.2. The normalized spacial score (nSPS) is 12.3. The van der Waals surface area contributed by atoms with E-state index in [1.54, 1.807) is 27.7 Å². The summed E-state index contributed by atoms with van der Waals surface area (Å²) in [7, 11) is 0. The molecule has 11 heteroatoms. The average Bonchev–Trinajstić information content (AvgIpc) is 2.64. The van der Waals surface area contributed by atoms with Crippen LogP contribution in [0.5, 0.6) is 0 Å². The third-order valence-corrected chi connectivity index (χ3v) is 5.18. The highest BCUT2D eigenvalue weighted by molar-refractivity contribution is 8.15. The van der Waals surface area contributed by atoms with Crippen molar-refractivity contribution >= 4 is 53.4 Å². The van der Waals surface area contributed by atoms with Gasteiger partial charge in [-0.3, -0.25) is 19.2 Å². The topological polar surface area (TPSA) is 122 Å². The number of carbonyl (C=O) groups excluding carboxylic acids is 5. The molecule has 0 amide bonds. The van der Waals surface area contributed by atoms with Gasteiger partial charge in [-0.2, -0.15) is 12.6 Å². The fourth-order valence-corrected chi connectivity index (χ4v) is 2.72. The van der Waals surface area contributed by atoms with Gasteiger partial charge in [0.05, 0.1) is 22.5 Å². The van der Waals surface area contributed by atoms with Crippen molar-refractivity contribution in [3.63, 3.8) is 0 Å². The monoisotopic (exact) mass is 466 g/mol. The molecular formula is C19H30O9S2. The molecule has 0 aromatic heterocycles. The minimum atomic E-state index is -1.20. The van der Waals surface area contributed by atoms with Gasteiger partial charge in [-0.25, -0.2) is 4.79 Å². The van der Waals surface area contributed by atoms with E-state index in [4.69, 9.17) is 18.9 Å². The first kappa shape index (κ1) is 28.2. The zero-order valence-electron chi connectivity index (χ0n) is 18.1. The Hall–Kier alpha value is -1.75. The molecule has 1 atom stereocenters. The van der Waals surface area contributed by atoms with Gasteiger partial charge < -0.3 is 18.9 Å². The van der Waals surface area contributed by atoms with E-state index >= 15 is 0 Å². The van der Waals surface area contributed by atoms with Crippen LogP contribution in [0.2, 0.25) is 0 Å². The van der Waals surface area contributed by atoms with Crippen molar-refractivity contribution < 1.29 is 42.9 Å². The molecular weight excluding hydrogens is 436 g/mol. The molecule has 0 unspecified atom stereocenters. The summed E-state index contributed by atoms with van der Waals surface area (Å²) < 4.78 is 18.0. The van der Waals surface area contributed by atoms with Crippen LogP contribution in [0, 0.1) is 17.8 Å². The van der Waals surface area contributed by atoms with Gasteiger partial charge in [0, 0.05) is 12.2 Å². The Morgan fingerprint density at radius 3 is 1.67 bits per heavy atom. The maximum absolute atomic E-state index is 12.6. The van der Waals surface area contributed by atoms with Gasteiger partial charge in [-0.05, 0) is 25.6 Å². The molecule has 0 spiro atoms. The molecule has 0 heterocycles. The Kier molecular flexibility index (Phi) is 12.7. The smallest absolute Gasteiger partial charge is 0.371 e. The fourth-order valence-electron chi connectivity index (χ4n) is 1.72. The minimum Gasteiger partial charge on any atom is -0.428 e. The standard InChI is InChI=1S/C19H30O9S2/c1-11(2)15(21)25-9-27-17(23)13(8-29)7-14(20)19(5,6)30-18(24)28-10-26-16(22)12(3)4/h11-13,29H,7-10H2,1-6H3/t13-/m0/s1. The molecule has 30 heavy (non-hydrogen) atoms. The molecule has 0 bridgehead atoms. The number of carbonyl (C=O) groups is 5. The van der Waals surface area contributed by atoms with Crippen LogP contribution >= 0.6 is 24.4 Å². The zero-order chi connectivity index (χ0) is 23.5. The number of thioether (sulfide) groups is 1. The molecule has 0 saturated heterocycles. The molecule has 0 rings (SSSR count). The number of thiol groups is 1. The molecule has 0 aliphatic rings. The lowest BCUT2D eigenvalue weighted by molar-refractivity contribution is -0.172. The van der Waals surface area contributed by atoms with Crippen LogP contribution in [0.15, 0.2) is 0 Å². The summed E-state index contributed by atoms with van der Waals surface area (Å²) in [6.07, 6.45) is -0.226. The van der Waals surface area contributed by atoms with Crippen LogP contribution in [0.25, 0.3) is 0 Å². The lowest BCUT2D eigenvalue weighted by Crippen LogP contribution is -2.34. The van der Waals surface area contributed by atoms with Crippen molar-refractivity contribution in [3.8, 4) is 0 Å². The molecule has 0 N–H and O–H groups in total. The van der Waals surface area contributed by atoms with Gasteiger partial charge in [-0.1, -0.05) is 27.7 Å². The summed E-state index contributed by atoms with van der Waals surface area (Å²) in [6, 6.07) is 0. The highest BCUT2D eigenvalue weighted by Crippen LogP contribution is 2.30. The van der Waals surface area contributed by atoms with Gasteiger partial charge in [0.2, 0.25) is 13.6 Å². The van der Waals surface area contributed by atoms with Crippen molar-refractivity contribution in [2.75, 3.05) is 19.3 Å². The van der Waals surface area contributed by atoms with E-state index in [9.17, 15) is 24.0 Å². The summed E-state index contributed by atoms with van der Waals surface area (Å²) >= 11 is 4.68. The van der Waals surface area contributed by atoms with Gasteiger partial charge in [0.15, 0.2) is 0 Å². The van der Waals surface area contributed by atoms with E-state index in [1.165, 1.54) is 13.8 Å². The second-order valence-electron chi connectivity index (χ2n) is 7.45. The van der Waals surface area contributed by atoms with E-state index in [0.29, 0.717) is 11.8 Å². The van der Waals surface area contributed by atoms with Gasteiger partial charge in [0.25, 0.3) is 0 Å². The third-order valence-electron chi connectivity index (χ3n) is 3.72. The second kappa shape index (κ2) is 13.5. The Bertz CT molecular complexity index is 629. The lowest BCUT2D eigenvalue weighted by Gasteiger charge is -2.23. The summed E-state index contributed by atoms with van der Waals surface area (Å²) in [5.41, 5.74) is 0. The van der Waals surface area contributed by atoms with Crippen molar-refractivity contribution in [3.05, 3.63) is 0 Å². The summed E-state index contributed by atoms with van der Waals surface area (Å²) in [5.74, 6) is -3.74. The third kappa shape index (κ3) is 10.9. The van der Waals surface area contributed by atoms with E-state index in [2.05, 4.69) is 12.6 Å². The van der Waals surface area contributed by atoms with Gasteiger partial charge >= 0.3 is 23.2 Å². The maximum atomic E-state index is 12.6. The van der Waals surface area contributed by atoms with Crippen LogP contribution in [-0.4, -0.2) is 53.1 Å². The van der Waals surface area contributed by atoms with Crippen LogP contribution < -0.4 is 0 Å². The van der Waals surface area contributed by atoms with Gasteiger partial charge in [-0.15, -0.1) is 0 Å². The Labute approximate surface area is 186 Å². The van der Waals surface area contributed by atoms with Crippen molar-refractivity contribution in [1.82, 2.24) is 0 Å². The highest BCUT2D eigenvalue weighted by Gasteiger charge is 2.35. The first-order chi connectivity index (χ1) is 13.8. The number of Topliss-reactive ketones (excluding diaryl/α,β-unsaturated/α-hetero) is 1. The molecule has 9 nitrogen and oxygen atoms in total. The number of esters is 3. The predicted octanol–water partition coefficient (Wildman–Crippen LogP) is 3.00. The van der Waals surface area contributed by atoms with E-state index in [0.717, 1.165) is 0 Å². The summed E-state index contributed by atoms with van der Waals surface area (Å²) in [6.45, 7) is 8.47. The molecule has 0 radical (unpaired) electrons. The van der Waals surface area contributed by atoms with Crippen molar-refractivity contribution in [1.29, 1.82) is 0 Å². The molecule has 0 aromatic carbocycles. The van der Waals surface area contributed by atoms with E-state index in [1.807, 2.05) is 0 Å². The van der Waals surface area contributed by atoms with Crippen LogP contribution in [0.4, 0.5) is 4.79 Å².